The topological polar surface area (TPSA) is 156 Å². The number of amides is 4. The summed E-state index contributed by atoms with van der Waals surface area (Å²) in [4.78, 5) is 76.7. The molecule has 0 aliphatic carbocycles. The SMILES string of the molecule is CN1c2ccccc2CC1C(=O)N[C@H]1CCC(=O)N2CCC[C@@H](C(=O)N[C@H](C=O)CC(=O)O)N2C1=O. The second-order valence-electron chi connectivity index (χ2n) is 9.27. The lowest BCUT2D eigenvalue weighted by Crippen LogP contribution is -2.64. The summed E-state index contributed by atoms with van der Waals surface area (Å²) in [5.74, 6) is -3.28. The fourth-order valence-corrected chi connectivity index (χ4v) is 5.08. The second kappa shape index (κ2) is 10.3. The number of benzene rings is 1. The highest BCUT2D eigenvalue weighted by atomic mass is 16.4. The highest BCUT2D eigenvalue weighted by Gasteiger charge is 2.45. The minimum Gasteiger partial charge on any atom is -0.481 e. The Morgan fingerprint density at radius 3 is 2.58 bits per heavy atom. The van der Waals surface area contributed by atoms with Gasteiger partial charge in [0.25, 0.3) is 5.91 Å². The summed E-state index contributed by atoms with van der Waals surface area (Å²) >= 11 is 0. The van der Waals surface area contributed by atoms with Crippen LogP contribution in [0.4, 0.5) is 5.69 Å². The van der Waals surface area contributed by atoms with E-state index in [1.54, 1.807) is 0 Å². The fourth-order valence-electron chi connectivity index (χ4n) is 5.08. The molecule has 3 aliphatic rings. The molecule has 192 valence electrons. The Labute approximate surface area is 207 Å². The zero-order valence-corrected chi connectivity index (χ0v) is 19.9. The molecule has 0 saturated carbocycles. The molecule has 36 heavy (non-hydrogen) atoms. The second-order valence-corrected chi connectivity index (χ2v) is 9.27. The number of carboxylic acids is 1. The molecule has 0 bridgehead atoms. The number of likely N-dealkylation sites (N-methyl/N-ethyl adjacent to an activating group) is 1. The minimum absolute atomic E-state index is 0.0121. The number of hydrazine groups is 1. The standard InChI is InChI=1S/C24H29N5O7/c1-27-17-6-3-2-5-14(17)11-19(27)23(35)26-16-8-9-20(31)28-10-4-7-18(29(28)24(16)36)22(34)25-15(13-30)12-21(32)33/h2-3,5-6,13,15-16,18-19H,4,7-12H2,1H3,(H,25,34)(H,26,35)(H,32,33)/t15-,16-,18-,19?/m0/s1. The van der Waals surface area contributed by atoms with Gasteiger partial charge >= 0.3 is 5.97 Å². The molecule has 0 aromatic heterocycles. The van der Waals surface area contributed by atoms with Gasteiger partial charge in [-0.2, -0.15) is 0 Å². The van der Waals surface area contributed by atoms with Crippen LogP contribution >= 0.6 is 0 Å². The molecular formula is C24H29N5O7. The van der Waals surface area contributed by atoms with Gasteiger partial charge < -0.3 is 25.4 Å². The first-order chi connectivity index (χ1) is 17.2. The largest absolute Gasteiger partial charge is 0.481 e. The van der Waals surface area contributed by atoms with Crippen molar-refractivity contribution in [3.05, 3.63) is 29.8 Å². The van der Waals surface area contributed by atoms with Crippen LogP contribution in [0.3, 0.4) is 0 Å². The number of hydrogen-bond acceptors (Lipinski definition) is 7. The maximum Gasteiger partial charge on any atom is 0.305 e. The number of aldehydes is 1. The maximum absolute atomic E-state index is 13.6. The summed E-state index contributed by atoms with van der Waals surface area (Å²) in [5.41, 5.74) is 1.96. The Balaban J connectivity index is 1.51. The summed E-state index contributed by atoms with van der Waals surface area (Å²) in [6.45, 7) is 0.238. The molecule has 1 aromatic carbocycles. The Morgan fingerprint density at radius 2 is 1.89 bits per heavy atom. The van der Waals surface area contributed by atoms with Crippen LogP contribution in [0.2, 0.25) is 0 Å². The van der Waals surface area contributed by atoms with Gasteiger partial charge in [-0.05, 0) is 30.9 Å². The van der Waals surface area contributed by atoms with Crippen molar-refractivity contribution < 1.29 is 33.9 Å². The van der Waals surface area contributed by atoms with Crippen LogP contribution in [-0.2, 0) is 35.2 Å². The maximum atomic E-state index is 13.6. The van der Waals surface area contributed by atoms with Crippen molar-refractivity contribution in [2.45, 2.75) is 62.7 Å². The number of nitrogens with one attached hydrogen (secondary N) is 2. The average Bonchev–Trinajstić information content (AvgIpc) is 3.15. The van der Waals surface area contributed by atoms with Crippen LogP contribution in [0.1, 0.15) is 37.7 Å². The number of nitrogens with zero attached hydrogens (tertiary/aromatic N) is 3. The van der Waals surface area contributed by atoms with Gasteiger partial charge in [-0.3, -0.25) is 29.0 Å². The van der Waals surface area contributed by atoms with Crippen LogP contribution in [0.15, 0.2) is 24.3 Å². The molecular weight excluding hydrogens is 470 g/mol. The quantitative estimate of drug-likeness (QED) is 0.413. The fraction of sp³-hybridized carbons (Fsp3) is 0.500. The number of anilines is 1. The van der Waals surface area contributed by atoms with Gasteiger partial charge in [0.05, 0.1) is 12.5 Å². The third-order valence-corrected chi connectivity index (χ3v) is 6.92. The molecule has 1 unspecified atom stereocenters. The average molecular weight is 500 g/mol. The number of carboxylic acid groups (broad SMARTS) is 1. The molecule has 4 atom stereocenters. The van der Waals surface area contributed by atoms with E-state index in [0.29, 0.717) is 19.1 Å². The molecule has 3 heterocycles. The highest BCUT2D eigenvalue weighted by molar-refractivity contribution is 5.97. The molecule has 1 aromatic rings. The molecule has 2 fully saturated rings. The van der Waals surface area contributed by atoms with Crippen molar-refractivity contribution in [1.29, 1.82) is 0 Å². The lowest BCUT2D eigenvalue weighted by molar-refractivity contribution is -0.176. The van der Waals surface area contributed by atoms with Gasteiger partial charge in [-0.1, -0.05) is 18.2 Å². The summed E-state index contributed by atoms with van der Waals surface area (Å²) in [6.07, 6.45) is 0.968. The zero-order chi connectivity index (χ0) is 26.0. The smallest absolute Gasteiger partial charge is 0.305 e. The lowest BCUT2D eigenvalue weighted by atomic mass is 10.0. The van der Waals surface area contributed by atoms with Crippen molar-refractivity contribution in [2.24, 2.45) is 0 Å². The Morgan fingerprint density at radius 1 is 1.14 bits per heavy atom. The van der Waals surface area contributed by atoms with E-state index in [1.807, 2.05) is 36.2 Å². The summed E-state index contributed by atoms with van der Waals surface area (Å²) in [6, 6.07) is 3.74. The predicted octanol–water partition coefficient (Wildman–Crippen LogP) is -0.781. The Hall–Kier alpha value is -3.96. The van der Waals surface area contributed by atoms with Gasteiger partial charge in [0.2, 0.25) is 17.7 Å². The van der Waals surface area contributed by atoms with Gasteiger partial charge in [-0.25, -0.2) is 5.01 Å². The van der Waals surface area contributed by atoms with Gasteiger partial charge in [0, 0.05) is 32.1 Å². The van der Waals surface area contributed by atoms with Crippen molar-refractivity contribution in [3.8, 4) is 0 Å². The number of carbonyl (C=O) groups excluding carboxylic acids is 5. The van der Waals surface area contributed by atoms with Crippen LogP contribution in [0.5, 0.6) is 0 Å². The minimum atomic E-state index is -1.27. The summed E-state index contributed by atoms with van der Waals surface area (Å²) in [5, 5.41) is 16.4. The molecule has 3 N–H and O–H groups in total. The van der Waals surface area contributed by atoms with Crippen LogP contribution in [0.25, 0.3) is 0 Å². The van der Waals surface area contributed by atoms with E-state index in [0.717, 1.165) is 16.3 Å². The third-order valence-electron chi connectivity index (χ3n) is 6.92. The number of hydrogen-bond donors (Lipinski definition) is 3. The predicted molar refractivity (Wildman–Crippen MR) is 125 cm³/mol. The highest BCUT2D eigenvalue weighted by Crippen LogP contribution is 2.31. The molecule has 12 heteroatoms. The van der Waals surface area contributed by atoms with Gasteiger partial charge in [0.15, 0.2) is 0 Å². The Bertz CT molecular complexity index is 1090. The normalized spacial score (nSPS) is 24.4. The van der Waals surface area contributed by atoms with Crippen molar-refractivity contribution in [3.63, 3.8) is 0 Å². The van der Waals surface area contributed by atoms with E-state index in [1.165, 1.54) is 5.01 Å². The van der Waals surface area contributed by atoms with Crippen molar-refractivity contribution in [2.75, 3.05) is 18.5 Å². The van der Waals surface area contributed by atoms with E-state index in [4.69, 9.17) is 5.11 Å². The van der Waals surface area contributed by atoms with Gasteiger partial charge in [-0.15, -0.1) is 0 Å². The summed E-state index contributed by atoms with van der Waals surface area (Å²) in [7, 11) is 1.81. The zero-order valence-electron chi connectivity index (χ0n) is 19.9. The first-order valence-electron chi connectivity index (χ1n) is 11.9. The molecule has 2 saturated heterocycles. The third kappa shape index (κ3) is 4.88. The van der Waals surface area contributed by atoms with E-state index < -0.39 is 48.4 Å². The number of rotatable bonds is 7. The van der Waals surface area contributed by atoms with Crippen molar-refractivity contribution in [1.82, 2.24) is 20.7 Å². The van der Waals surface area contributed by atoms with Gasteiger partial charge in [0.1, 0.15) is 24.4 Å². The molecule has 0 radical (unpaired) electrons. The lowest BCUT2D eigenvalue weighted by Gasteiger charge is -2.43. The van der Waals surface area contributed by atoms with Crippen LogP contribution in [0, 0.1) is 0 Å². The molecule has 0 spiro atoms. The van der Waals surface area contributed by atoms with Crippen molar-refractivity contribution >= 4 is 41.6 Å². The van der Waals surface area contributed by atoms with E-state index >= 15 is 0 Å². The van der Waals surface area contributed by atoms with E-state index in [9.17, 15) is 28.8 Å². The van der Waals surface area contributed by atoms with Crippen LogP contribution in [-0.4, -0.2) is 88.8 Å². The number of fused-ring (bicyclic) bond motifs is 2. The molecule has 3 aliphatic heterocycles. The van der Waals surface area contributed by atoms with E-state index in [-0.39, 0.29) is 37.6 Å². The monoisotopic (exact) mass is 499 g/mol. The molecule has 4 amide bonds. The van der Waals surface area contributed by atoms with E-state index in [2.05, 4.69) is 10.6 Å². The Kier molecular flexibility index (Phi) is 7.22. The summed E-state index contributed by atoms with van der Waals surface area (Å²) < 4.78 is 0. The first kappa shape index (κ1) is 25.1. The number of aliphatic carboxylic acids is 1. The molecule has 12 nitrogen and oxygen atoms in total. The number of para-hydroxylation sites is 1. The number of carbonyl (C=O) groups is 6. The van der Waals surface area contributed by atoms with Crippen LogP contribution < -0.4 is 15.5 Å². The first-order valence-corrected chi connectivity index (χ1v) is 11.9. The molecule has 4 rings (SSSR count).